The minimum Gasteiger partial charge on any atom is -0.371 e. The van der Waals surface area contributed by atoms with Crippen LogP contribution in [0.15, 0.2) is 42.6 Å². The van der Waals surface area contributed by atoms with Gasteiger partial charge in [0.25, 0.3) is 5.91 Å². The number of carbonyl (C=O) groups is 1. The molecule has 0 spiro atoms. The van der Waals surface area contributed by atoms with E-state index in [9.17, 15) is 18.0 Å². The number of aromatic nitrogens is 1. The lowest BCUT2D eigenvalue weighted by Gasteiger charge is -2.24. The monoisotopic (exact) mass is 387 g/mol. The molecular formula is C17H17ClF3N3O2. The number of pyridine rings is 1. The van der Waals surface area contributed by atoms with Crippen molar-refractivity contribution < 1.29 is 22.7 Å². The van der Waals surface area contributed by atoms with Crippen LogP contribution in [0.25, 0.3) is 0 Å². The Morgan fingerprint density at radius 3 is 2.46 bits per heavy atom. The van der Waals surface area contributed by atoms with E-state index < -0.39 is 17.6 Å². The Morgan fingerprint density at radius 1 is 1.19 bits per heavy atom. The van der Waals surface area contributed by atoms with E-state index in [0.717, 1.165) is 30.8 Å². The summed E-state index contributed by atoms with van der Waals surface area (Å²) in [6, 6.07) is 9.00. The fourth-order valence-corrected chi connectivity index (χ4v) is 2.45. The van der Waals surface area contributed by atoms with Crippen molar-refractivity contribution in [2.45, 2.75) is 12.3 Å². The van der Waals surface area contributed by atoms with Crippen LogP contribution in [0.2, 0.25) is 0 Å². The highest BCUT2D eigenvalue weighted by Gasteiger charge is 2.30. The standard InChI is InChI=1S/C17H16F3N3O2.ClH/c18-17(19,20)12-3-6-14(22-9-12)16(24)23-13-4-1-11(2-5-13)15-10-21-7-8-25-15;/h1-6,9,15,21H,7-8,10H2,(H,23,24);1H. The van der Waals surface area contributed by atoms with Crippen LogP contribution in [0.5, 0.6) is 0 Å². The molecule has 0 radical (unpaired) electrons. The van der Waals surface area contributed by atoms with Crippen LogP contribution in [0.1, 0.15) is 27.7 Å². The number of anilines is 1. The number of hydrogen-bond donors (Lipinski definition) is 2. The predicted molar refractivity (Wildman–Crippen MR) is 92.4 cm³/mol. The summed E-state index contributed by atoms with van der Waals surface area (Å²) in [6.07, 6.45) is -3.87. The number of hydrogen-bond acceptors (Lipinski definition) is 4. The van der Waals surface area contributed by atoms with Crippen molar-refractivity contribution in [3.8, 4) is 0 Å². The van der Waals surface area contributed by atoms with Gasteiger partial charge in [-0.1, -0.05) is 12.1 Å². The summed E-state index contributed by atoms with van der Waals surface area (Å²) in [5.74, 6) is -0.572. The molecule has 1 atom stereocenters. The molecule has 1 unspecified atom stereocenters. The second-order valence-corrected chi connectivity index (χ2v) is 5.57. The lowest BCUT2D eigenvalue weighted by atomic mass is 10.1. The first-order chi connectivity index (χ1) is 11.9. The summed E-state index contributed by atoms with van der Waals surface area (Å²) in [4.78, 5) is 15.6. The van der Waals surface area contributed by atoms with Crippen LogP contribution in [0.3, 0.4) is 0 Å². The zero-order valence-corrected chi connectivity index (χ0v) is 14.4. The first-order valence-electron chi connectivity index (χ1n) is 7.70. The molecule has 1 aliphatic heterocycles. The number of rotatable bonds is 3. The Kier molecular flexibility index (Phi) is 6.57. The summed E-state index contributed by atoms with van der Waals surface area (Å²) in [7, 11) is 0. The van der Waals surface area contributed by atoms with E-state index in [1.165, 1.54) is 0 Å². The number of alkyl halides is 3. The lowest BCUT2D eigenvalue weighted by molar-refractivity contribution is -0.137. The molecule has 0 bridgehead atoms. The Hall–Kier alpha value is -2.16. The maximum atomic E-state index is 12.5. The first-order valence-corrected chi connectivity index (χ1v) is 7.70. The third-order valence-electron chi connectivity index (χ3n) is 3.79. The minimum absolute atomic E-state index is 0. The van der Waals surface area contributed by atoms with Gasteiger partial charge in [-0.25, -0.2) is 0 Å². The number of carbonyl (C=O) groups excluding carboxylic acids is 1. The highest BCUT2D eigenvalue weighted by Crippen LogP contribution is 2.28. The van der Waals surface area contributed by atoms with Crippen LogP contribution in [-0.2, 0) is 10.9 Å². The number of amides is 1. The molecular weight excluding hydrogens is 371 g/mol. The molecule has 1 aromatic carbocycles. The highest BCUT2D eigenvalue weighted by molar-refractivity contribution is 6.02. The molecule has 2 heterocycles. The Balaban J connectivity index is 0.00000243. The van der Waals surface area contributed by atoms with Gasteiger partial charge in [0.15, 0.2) is 0 Å². The third-order valence-corrected chi connectivity index (χ3v) is 3.79. The van der Waals surface area contributed by atoms with Gasteiger partial charge in [0.05, 0.1) is 18.3 Å². The van der Waals surface area contributed by atoms with Crippen molar-refractivity contribution >= 4 is 24.0 Å². The van der Waals surface area contributed by atoms with Gasteiger partial charge in [0.2, 0.25) is 0 Å². The van der Waals surface area contributed by atoms with E-state index >= 15 is 0 Å². The molecule has 1 saturated heterocycles. The van der Waals surface area contributed by atoms with Crippen LogP contribution >= 0.6 is 12.4 Å². The molecule has 0 aliphatic carbocycles. The fraction of sp³-hybridized carbons (Fsp3) is 0.294. The number of nitrogens with one attached hydrogen (secondary N) is 2. The maximum absolute atomic E-state index is 12.5. The number of morpholine rings is 1. The van der Waals surface area contributed by atoms with E-state index in [-0.39, 0.29) is 24.2 Å². The predicted octanol–water partition coefficient (Wildman–Crippen LogP) is 3.44. The van der Waals surface area contributed by atoms with Crippen molar-refractivity contribution in [2.75, 3.05) is 25.0 Å². The van der Waals surface area contributed by atoms with Crippen LogP contribution in [-0.4, -0.2) is 30.6 Å². The van der Waals surface area contributed by atoms with Crippen molar-refractivity contribution in [1.82, 2.24) is 10.3 Å². The van der Waals surface area contributed by atoms with Crippen molar-refractivity contribution in [1.29, 1.82) is 0 Å². The van der Waals surface area contributed by atoms with Gasteiger partial charge in [0.1, 0.15) is 5.69 Å². The van der Waals surface area contributed by atoms with E-state index in [4.69, 9.17) is 4.74 Å². The van der Waals surface area contributed by atoms with Crippen molar-refractivity contribution in [2.24, 2.45) is 0 Å². The fourth-order valence-electron chi connectivity index (χ4n) is 2.45. The SMILES string of the molecule is Cl.O=C(Nc1ccc(C2CNCCO2)cc1)c1ccc(C(F)(F)F)cn1. The van der Waals surface area contributed by atoms with Gasteiger partial charge < -0.3 is 15.4 Å². The molecule has 1 aromatic heterocycles. The average Bonchev–Trinajstić information content (AvgIpc) is 2.62. The van der Waals surface area contributed by atoms with Crippen LogP contribution in [0.4, 0.5) is 18.9 Å². The molecule has 0 saturated carbocycles. The zero-order chi connectivity index (χ0) is 17.9. The van der Waals surface area contributed by atoms with Gasteiger partial charge in [-0.15, -0.1) is 12.4 Å². The molecule has 9 heteroatoms. The minimum atomic E-state index is -4.48. The molecule has 1 fully saturated rings. The number of ether oxygens (including phenoxy) is 1. The zero-order valence-electron chi connectivity index (χ0n) is 13.5. The third kappa shape index (κ3) is 4.94. The van der Waals surface area contributed by atoms with Crippen molar-refractivity contribution in [3.63, 3.8) is 0 Å². The smallest absolute Gasteiger partial charge is 0.371 e. The molecule has 5 nitrogen and oxygen atoms in total. The van der Waals surface area contributed by atoms with Crippen molar-refractivity contribution in [3.05, 3.63) is 59.4 Å². The Morgan fingerprint density at radius 2 is 1.92 bits per heavy atom. The normalized spacial score (nSPS) is 17.3. The maximum Gasteiger partial charge on any atom is 0.417 e. The Labute approximate surface area is 154 Å². The Bertz CT molecular complexity index is 730. The second-order valence-electron chi connectivity index (χ2n) is 5.57. The van der Waals surface area contributed by atoms with Crippen LogP contribution < -0.4 is 10.6 Å². The van der Waals surface area contributed by atoms with E-state index in [2.05, 4.69) is 15.6 Å². The van der Waals surface area contributed by atoms with Crippen LogP contribution in [0, 0.1) is 0 Å². The largest absolute Gasteiger partial charge is 0.417 e. The highest BCUT2D eigenvalue weighted by atomic mass is 35.5. The molecule has 2 N–H and O–H groups in total. The second kappa shape index (κ2) is 8.48. The number of benzene rings is 1. The van der Waals surface area contributed by atoms with Gasteiger partial charge >= 0.3 is 6.18 Å². The average molecular weight is 388 g/mol. The topological polar surface area (TPSA) is 63.2 Å². The summed E-state index contributed by atoms with van der Waals surface area (Å²) in [5.41, 5.74) is 0.531. The van der Waals surface area contributed by atoms with Gasteiger partial charge in [-0.05, 0) is 29.8 Å². The molecule has 2 aromatic rings. The molecule has 26 heavy (non-hydrogen) atoms. The molecule has 140 valence electrons. The van der Waals surface area contributed by atoms with Gasteiger partial charge in [0, 0.05) is 25.0 Å². The molecule has 1 aliphatic rings. The molecule has 1 amide bonds. The first kappa shape index (κ1) is 20.2. The summed E-state index contributed by atoms with van der Waals surface area (Å²) < 4.78 is 43.2. The number of halogens is 4. The lowest BCUT2D eigenvalue weighted by Crippen LogP contribution is -2.33. The van der Waals surface area contributed by atoms with E-state index in [0.29, 0.717) is 18.5 Å². The van der Waals surface area contributed by atoms with Gasteiger partial charge in [-0.3, -0.25) is 9.78 Å². The molecule has 3 rings (SSSR count). The van der Waals surface area contributed by atoms with E-state index in [1.54, 1.807) is 12.1 Å². The van der Waals surface area contributed by atoms with E-state index in [1.807, 2.05) is 12.1 Å². The summed E-state index contributed by atoms with van der Waals surface area (Å²) in [6.45, 7) is 2.19. The quantitative estimate of drug-likeness (QED) is 0.847. The van der Waals surface area contributed by atoms with Gasteiger partial charge in [-0.2, -0.15) is 13.2 Å². The number of nitrogens with zero attached hydrogens (tertiary/aromatic N) is 1. The summed E-state index contributed by atoms with van der Waals surface area (Å²) >= 11 is 0. The summed E-state index contributed by atoms with van der Waals surface area (Å²) in [5, 5.41) is 5.84.